The Hall–Kier alpha value is -2.81. The van der Waals surface area contributed by atoms with Crippen molar-refractivity contribution >= 4 is 35.2 Å². The molecule has 0 saturated heterocycles. The molecule has 0 aromatic carbocycles. The molecule has 0 aliphatic rings. The number of hydrogen-bond donors (Lipinski definition) is 3. The van der Waals surface area contributed by atoms with Crippen LogP contribution in [0.2, 0.25) is 5.15 Å². The molecule has 0 saturated carbocycles. The number of carboxylic acid groups (broad SMARTS) is 1. The SMILES string of the molecule is CC(C)(C)OC(=O)NCCn1cc(Nc2nc(Cl)ccc2C(=O)O)cn1. The highest BCUT2D eigenvalue weighted by atomic mass is 35.5. The number of aromatic carboxylic acids is 1. The van der Waals surface area contributed by atoms with E-state index in [0.29, 0.717) is 18.8 Å². The van der Waals surface area contributed by atoms with E-state index in [1.165, 1.54) is 18.3 Å². The molecule has 0 unspecified atom stereocenters. The van der Waals surface area contributed by atoms with E-state index < -0.39 is 17.7 Å². The maximum atomic E-state index is 11.6. The molecule has 0 radical (unpaired) electrons. The summed E-state index contributed by atoms with van der Waals surface area (Å²) in [6.07, 6.45) is 2.67. The van der Waals surface area contributed by atoms with E-state index in [4.69, 9.17) is 16.3 Å². The van der Waals surface area contributed by atoms with Gasteiger partial charge in [-0.05, 0) is 32.9 Å². The van der Waals surface area contributed by atoms with Gasteiger partial charge in [0.1, 0.15) is 22.1 Å². The lowest BCUT2D eigenvalue weighted by molar-refractivity contribution is 0.0525. The van der Waals surface area contributed by atoms with Crippen molar-refractivity contribution in [3.05, 3.63) is 35.2 Å². The number of anilines is 2. The van der Waals surface area contributed by atoms with Crippen LogP contribution in [0.5, 0.6) is 0 Å². The Balaban J connectivity index is 1.93. The second-order valence-corrected chi connectivity index (χ2v) is 6.77. The maximum absolute atomic E-state index is 11.6. The average Bonchev–Trinajstić information content (AvgIpc) is 2.92. The molecule has 2 aromatic rings. The zero-order chi connectivity index (χ0) is 19.3. The summed E-state index contributed by atoms with van der Waals surface area (Å²) in [5.41, 5.74) is -0.0214. The summed E-state index contributed by atoms with van der Waals surface area (Å²) in [6.45, 7) is 6.09. The van der Waals surface area contributed by atoms with Crippen molar-refractivity contribution in [3.8, 4) is 0 Å². The van der Waals surface area contributed by atoms with Crippen LogP contribution < -0.4 is 10.6 Å². The normalized spacial score (nSPS) is 11.1. The molecule has 26 heavy (non-hydrogen) atoms. The molecular weight excluding hydrogens is 362 g/mol. The van der Waals surface area contributed by atoms with Crippen LogP contribution in [0, 0.1) is 0 Å². The highest BCUT2D eigenvalue weighted by molar-refractivity contribution is 6.29. The van der Waals surface area contributed by atoms with Gasteiger partial charge in [-0.3, -0.25) is 4.68 Å². The molecule has 140 valence electrons. The quantitative estimate of drug-likeness (QED) is 0.658. The van der Waals surface area contributed by atoms with E-state index in [2.05, 4.69) is 20.7 Å². The molecule has 0 aliphatic carbocycles. The fourth-order valence-electron chi connectivity index (χ4n) is 1.98. The van der Waals surface area contributed by atoms with Gasteiger partial charge in [0.05, 0.1) is 18.4 Å². The fourth-order valence-corrected chi connectivity index (χ4v) is 2.12. The average molecular weight is 382 g/mol. The number of alkyl carbamates (subject to hydrolysis) is 1. The standard InChI is InChI=1S/C16H20ClN5O4/c1-16(2,3)26-15(25)18-6-7-22-9-10(8-19-22)20-13-11(14(23)24)4-5-12(17)21-13/h4-5,8-9H,6-7H2,1-3H3,(H,18,25)(H,20,21)(H,23,24). The summed E-state index contributed by atoms with van der Waals surface area (Å²) in [7, 11) is 0. The number of carboxylic acids is 1. The summed E-state index contributed by atoms with van der Waals surface area (Å²) in [6, 6.07) is 2.77. The smallest absolute Gasteiger partial charge is 0.407 e. The number of carbonyl (C=O) groups is 2. The van der Waals surface area contributed by atoms with Gasteiger partial charge in [-0.1, -0.05) is 11.6 Å². The van der Waals surface area contributed by atoms with Crippen LogP contribution in [0.4, 0.5) is 16.3 Å². The highest BCUT2D eigenvalue weighted by Gasteiger charge is 2.16. The van der Waals surface area contributed by atoms with Crippen molar-refractivity contribution in [3.63, 3.8) is 0 Å². The van der Waals surface area contributed by atoms with Gasteiger partial charge in [0.2, 0.25) is 0 Å². The van der Waals surface area contributed by atoms with Crippen LogP contribution in [-0.2, 0) is 11.3 Å². The number of pyridine rings is 1. The monoisotopic (exact) mass is 381 g/mol. The minimum absolute atomic E-state index is 0.00579. The zero-order valence-electron chi connectivity index (χ0n) is 14.6. The van der Waals surface area contributed by atoms with Crippen LogP contribution in [0.25, 0.3) is 0 Å². The number of nitrogens with one attached hydrogen (secondary N) is 2. The molecule has 0 fully saturated rings. The van der Waals surface area contributed by atoms with Gasteiger partial charge in [-0.15, -0.1) is 0 Å². The number of carbonyl (C=O) groups excluding carboxylic acids is 1. The molecular formula is C16H20ClN5O4. The first-order valence-electron chi connectivity index (χ1n) is 7.80. The van der Waals surface area contributed by atoms with E-state index in [0.717, 1.165) is 0 Å². The van der Waals surface area contributed by atoms with Crippen molar-refractivity contribution in [1.29, 1.82) is 0 Å². The Morgan fingerprint density at radius 2 is 2.08 bits per heavy atom. The number of nitrogens with zero attached hydrogens (tertiary/aromatic N) is 3. The number of amides is 1. The zero-order valence-corrected chi connectivity index (χ0v) is 15.4. The van der Waals surface area contributed by atoms with Gasteiger partial charge in [0, 0.05) is 12.7 Å². The molecule has 2 aromatic heterocycles. The summed E-state index contributed by atoms with van der Waals surface area (Å²) < 4.78 is 6.73. The first kappa shape index (κ1) is 19.5. The molecule has 0 spiro atoms. The third-order valence-corrected chi connectivity index (χ3v) is 3.21. The summed E-state index contributed by atoms with van der Waals surface area (Å²) in [5, 5.41) is 19.0. The van der Waals surface area contributed by atoms with E-state index in [1.54, 1.807) is 31.6 Å². The van der Waals surface area contributed by atoms with E-state index in [1.807, 2.05) is 0 Å². The molecule has 0 bridgehead atoms. The Morgan fingerprint density at radius 1 is 1.35 bits per heavy atom. The first-order valence-corrected chi connectivity index (χ1v) is 8.18. The first-order chi connectivity index (χ1) is 12.1. The Kier molecular flexibility index (Phi) is 6.04. The lowest BCUT2D eigenvalue weighted by Crippen LogP contribution is -2.34. The Labute approximate surface area is 155 Å². The van der Waals surface area contributed by atoms with Gasteiger partial charge >= 0.3 is 12.1 Å². The predicted molar refractivity (Wildman–Crippen MR) is 96.0 cm³/mol. The van der Waals surface area contributed by atoms with Crippen LogP contribution >= 0.6 is 11.6 Å². The fraction of sp³-hybridized carbons (Fsp3) is 0.375. The Bertz CT molecular complexity index is 800. The van der Waals surface area contributed by atoms with Crippen LogP contribution in [0.1, 0.15) is 31.1 Å². The van der Waals surface area contributed by atoms with E-state index in [-0.39, 0.29) is 16.5 Å². The summed E-state index contributed by atoms with van der Waals surface area (Å²) >= 11 is 5.82. The van der Waals surface area contributed by atoms with Crippen molar-refractivity contribution in [2.24, 2.45) is 0 Å². The van der Waals surface area contributed by atoms with E-state index in [9.17, 15) is 14.7 Å². The summed E-state index contributed by atoms with van der Waals surface area (Å²) in [4.78, 5) is 26.8. The number of aromatic nitrogens is 3. The molecule has 2 heterocycles. The van der Waals surface area contributed by atoms with Crippen molar-refractivity contribution in [1.82, 2.24) is 20.1 Å². The van der Waals surface area contributed by atoms with Crippen molar-refractivity contribution in [2.75, 3.05) is 11.9 Å². The highest BCUT2D eigenvalue weighted by Crippen LogP contribution is 2.21. The molecule has 0 aliphatic heterocycles. The second kappa shape index (κ2) is 8.05. The van der Waals surface area contributed by atoms with Gasteiger partial charge in [0.15, 0.2) is 0 Å². The molecule has 2 rings (SSSR count). The van der Waals surface area contributed by atoms with Crippen LogP contribution in [0.3, 0.4) is 0 Å². The van der Waals surface area contributed by atoms with Gasteiger partial charge in [0.25, 0.3) is 0 Å². The maximum Gasteiger partial charge on any atom is 0.407 e. The summed E-state index contributed by atoms with van der Waals surface area (Å²) in [5.74, 6) is -0.998. The van der Waals surface area contributed by atoms with E-state index >= 15 is 0 Å². The minimum atomic E-state index is -1.12. The molecule has 9 nitrogen and oxygen atoms in total. The van der Waals surface area contributed by atoms with Gasteiger partial charge in [-0.25, -0.2) is 14.6 Å². The lowest BCUT2D eigenvalue weighted by Gasteiger charge is -2.19. The van der Waals surface area contributed by atoms with Gasteiger partial charge in [-0.2, -0.15) is 5.10 Å². The predicted octanol–water partition coefficient (Wildman–Crippen LogP) is 2.90. The number of ether oxygens (including phenoxy) is 1. The van der Waals surface area contributed by atoms with Crippen LogP contribution in [0.15, 0.2) is 24.5 Å². The minimum Gasteiger partial charge on any atom is -0.478 e. The second-order valence-electron chi connectivity index (χ2n) is 6.38. The molecule has 10 heteroatoms. The molecule has 1 amide bonds. The Morgan fingerprint density at radius 3 is 2.73 bits per heavy atom. The van der Waals surface area contributed by atoms with Crippen LogP contribution in [-0.4, -0.2) is 44.1 Å². The number of hydrogen-bond acceptors (Lipinski definition) is 6. The topological polar surface area (TPSA) is 118 Å². The lowest BCUT2D eigenvalue weighted by atomic mass is 10.2. The third-order valence-electron chi connectivity index (χ3n) is 3.00. The third kappa shape index (κ3) is 5.92. The number of rotatable bonds is 6. The molecule has 0 atom stereocenters. The van der Waals surface area contributed by atoms with Crippen molar-refractivity contribution in [2.45, 2.75) is 32.9 Å². The van der Waals surface area contributed by atoms with Gasteiger partial charge < -0.3 is 20.5 Å². The number of halogens is 1. The van der Waals surface area contributed by atoms with Crippen molar-refractivity contribution < 1.29 is 19.4 Å². The molecule has 3 N–H and O–H groups in total. The largest absolute Gasteiger partial charge is 0.478 e.